The van der Waals surface area contributed by atoms with Gasteiger partial charge in [0.15, 0.2) is 11.6 Å². The Morgan fingerprint density at radius 2 is 2.17 bits per heavy atom. The van der Waals surface area contributed by atoms with Crippen LogP contribution < -0.4 is 10.1 Å². The van der Waals surface area contributed by atoms with E-state index in [2.05, 4.69) is 15.3 Å². The van der Waals surface area contributed by atoms with Gasteiger partial charge in [0.05, 0.1) is 19.0 Å². The number of halogens is 2. The normalized spacial score (nSPS) is 10.2. The Morgan fingerprint density at radius 1 is 1.39 bits per heavy atom. The number of hydrogen-bond acceptors (Lipinski definition) is 4. The lowest BCUT2D eigenvalue weighted by Crippen LogP contribution is -2.01. The zero-order valence-electron chi connectivity index (χ0n) is 9.87. The van der Waals surface area contributed by atoms with Gasteiger partial charge < -0.3 is 10.1 Å². The molecule has 0 aliphatic carbocycles. The van der Waals surface area contributed by atoms with Crippen LogP contribution in [0.5, 0.6) is 5.75 Å². The van der Waals surface area contributed by atoms with Gasteiger partial charge in [-0.3, -0.25) is 0 Å². The molecule has 4 nitrogen and oxygen atoms in total. The van der Waals surface area contributed by atoms with E-state index < -0.39 is 5.82 Å². The van der Waals surface area contributed by atoms with Gasteiger partial charge in [-0.2, -0.15) is 4.98 Å². The van der Waals surface area contributed by atoms with Crippen molar-refractivity contribution in [3.05, 3.63) is 41.1 Å². The van der Waals surface area contributed by atoms with Gasteiger partial charge in [-0.15, -0.1) is 0 Å². The van der Waals surface area contributed by atoms with Gasteiger partial charge >= 0.3 is 0 Å². The fraction of sp³-hybridized carbons (Fsp3) is 0.167. The molecule has 1 N–H and O–H groups in total. The van der Waals surface area contributed by atoms with Crippen LogP contribution in [0.2, 0.25) is 5.28 Å². The third-order valence-corrected chi connectivity index (χ3v) is 2.50. The smallest absolute Gasteiger partial charge is 0.224 e. The van der Waals surface area contributed by atoms with E-state index in [9.17, 15) is 4.39 Å². The molecule has 0 bridgehead atoms. The minimum Gasteiger partial charge on any atom is -0.495 e. The van der Waals surface area contributed by atoms with E-state index in [-0.39, 0.29) is 11.1 Å². The molecule has 94 valence electrons. The molecular formula is C12H11ClFN3O. The standard InChI is InChI=1S/C12H11ClFN3O/c1-7-3-4-10(18-2)9(5-7)16-11-8(14)6-15-12(13)17-11/h3-6H,1-2H3,(H,15,16,17). The van der Waals surface area contributed by atoms with E-state index >= 15 is 0 Å². The van der Waals surface area contributed by atoms with Crippen LogP contribution in [-0.4, -0.2) is 17.1 Å². The Hall–Kier alpha value is -1.88. The Morgan fingerprint density at radius 3 is 2.89 bits per heavy atom. The van der Waals surface area contributed by atoms with Crippen molar-refractivity contribution in [2.24, 2.45) is 0 Å². The molecule has 0 spiro atoms. The molecule has 0 radical (unpaired) electrons. The van der Waals surface area contributed by atoms with Gasteiger partial charge in [-0.25, -0.2) is 9.37 Å². The van der Waals surface area contributed by atoms with E-state index in [0.29, 0.717) is 11.4 Å². The van der Waals surface area contributed by atoms with Crippen LogP contribution in [0.4, 0.5) is 15.9 Å². The maximum absolute atomic E-state index is 13.5. The highest BCUT2D eigenvalue weighted by atomic mass is 35.5. The van der Waals surface area contributed by atoms with Crippen molar-refractivity contribution in [3.63, 3.8) is 0 Å². The molecule has 6 heteroatoms. The molecule has 0 saturated heterocycles. The van der Waals surface area contributed by atoms with Crippen molar-refractivity contribution in [1.82, 2.24) is 9.97 Å². The van der Waals surface area contributed by atoms with E-state index in [1.807, 2.05) is 19.1 Å². The molecule has 1 aromatic heterocycles. The van der Waals surface area contributed by atoms with Crippen molar-refractivity contribution >= 4 is 23.1 Å². The molecule has 2 aromatic rings. The Balaban J connectivity index is 2.38. The molecule has 18 heavy (non-hydrogen) atoms. The second kappa shape index (κ2) is 5.18. The number of aryl methyl sites for hydroxylation is 1. The summed E-state index contributed by atoms with van der Waals surface area (Å²) in [4.78, 5) is 7.33. The first kappa shape index (κ1) is 12.6. The summed E-state index contributed by atoms with van der Waals surface area (Å²) < 4.78 is 18.7. The molecule has 1 aromatic carbocycles. The Kier molecular flexibility index (Phi) is 3.62. The first-order valence-electron chi connectivity index (χ1n) is 5.20. The Bertz CT molecular complexity index is 577. The Labute approximate surface area is 109 Å². The lowest BCUT2D eigenvalue weighted by molar-refractivity contribution is 0.416. The molecule has 0 fully saturated rings. The molecule has 0 unspecified atom stereocenters. The number of nitrogens with zero attached hydrogens (tertiary/aromatic N) is 2. The van der Waals surface area contributed by atoms with Gasteiger partial charge in [0.2, 0.25) is 5.28 Å². The van der Waals surface area contributed by atoms with E-state index in [4.69, 9.17) is 16.3 Å². The molecule has 0 atom stereocenters. The van der Waals surface area contributed by atoms with Gasteiger partial charge in [0, 0.05) is 0 Å². The zero-order chi connectivity index (χ0) is 13.1. The quantitative estimate of drug-likeness (QED) is 0.867. The second-order valence-electron chi connectivity index (χ2n) is 3.66. The summed E-state index contributed by atoms with van der Waals surface area (Å²) in [7, 11) is 1.54. The lowest BCUT2D eigenvalue weighted by Gasteiger charge is -2.11. The van der Waals surface area contributed by atoms with Gasteiger partial charge in [-0.05, 0) is 36.2 Å². The van der Waals surface area contributed by atoms with E-state index in [1.54, 1.807) is 13.2 Å². The van der Waals surface area contributed by atoms with Crippen molar-refractivity contribution < 1.29 is 9.13 Å². The highest BCUT2D eigenvalue weighted by Gasteiger charge is 2.09. The summed E-state index contributed by atoms with van der Waals surface area (Å²) in [5, 5.41) is 2.82. The number of rotatable bonds is 3. The average Bonchev–Trinajstić information content (AvgIpc) is 2.34. The number of methoxy groups -OCH3 is 1. The number of anilines is 2. The average molecular weight is 268 g/mol. The van der Waals surface area contributed by atoms with Gasteiger partial charge in [-0.1, -0.05) is 6.07 Å². The van der Waals surface area contributed by atoms with Crippen LogP contribution in [0.15, 0.2) is 24.4 Å². The molecule has 0 saturated carbocycles. The lowest BCUT2D eigenvalue weighted by atomic mass is 10.2. The number of aromatic nitrogens is 2. The topological polar surface area (TPSA) is 47.0 Å². The van der Waals surface area contributed by atoms with Crippen LogP contribution in [0.25, 0.3) is 0 Å². The van der Waals surface area contributed by atoms with Gasteiger partial charge in [0.25, 0.3) is 0 Å². The summed E-state index contributed by atoms with van der Waals surface area (Å²) in [5.74, 6) is 0.0246. The predicted octanol–water partition coefficient (Wildman–Crippen LogP) is 3.33. The van der Waals surface area contributed by atoms with Crippen LogP contribution in [0.1, 0.15) is 5.56 Å². The van der Waals surface area contributed by atoms with Crippen molar-refractivity contribution in [1.29, 1.82) is 0 Å². The minimum absolute atomic E-state index is 0.0129. The number of nitrogens with one attached hydrogen (secondary N) is 1. The van der Waals surface area contributed by atoms with Crippen molar-refractivity contribution in [2.75, 3.05) is 12.4 Å². The van der Waals surface area contributed by atoms with E-state index in [1.165, 1.54) is 0 Å². The summed E-state index contributed by atoms with van der Waals surface area (Å²) in [6, 6.07) is 5.51. The first-order valence-corrected chi connectivity index (χ1v) is 5.57. The first-order chi connectivity index (χ1) is 8.60. The molecule has 1 heterocycles. The predicted molar refractivity (Wildman–Crippen MR) is 68.0 cm³/mol. The maximum atomic E-state index is 13.5. The highest BCUT2D eigenvalue weighted by molar-refractivity contribution is 6.28. The second-order valence-corrected chi connectivity index (χ2v) is 4.00. The summed E-state index contributed by atoms with van der Waals surface area (Å²) >= 11 is 5.63. The molecule has 0 amide bonds. The SMILES string of the molecule is COc1ccc(C)cc1Nc1nc(Cl)ncc1F. The minimum atomic E-state index is -0.581. The third-order valence-electron chi connectivity index (χ3n) is 2.32. The molecule has 0 aliphatic heterocycles. The fourth-order valence-corrected chi connectivity index (χ4v) is 1.61. The molecular weight excluding hydrogens is 257 g/mol. The third kappa shape index (κ3) is 2.68. The summed E-state index contributed by atoms with van der Waals surface area (Å²) in [5.41, 5.74) is 1.63. The van der Waals surface area contributed by atoms with Crippen molar-refractivity contribution in [3.8, 4) is 5.75 Å². The zero-order valence-corrected chi connectivity index (χ0v) is 10.6. The fourth-order valence-electron chi connectivity index (χ4n) is 1.48. The number of ether oxygens (including phenoxy) is 1. The monoisotopic (exact) mass is 267 g/mol. The van der Waals surface area contributed by atoms with Crippen molar-refractivity contribution in [2.45, 2.75) is 6.92 Å². The highest BCUT2D eigenvalue weighted by Crippen LogP contribution is 2.28. The maximum Gasteiger partial charge on any atom is 0.224 e. The number of hydrogen-bond donors (Lipinski definition) is 1. The van der Waals surface area contributed by atoms with Crippen LogP contribution in [0.3, 0.4) is 0 Å². The number of benzene rings is 1. The molecule has 2 rings (SSSR count). The van der Waals surface area contributed by atoms with Crippen LogP contribution in [0, 0.1) is 12.7 Å². The van der Waals surface area contributed by atoms with Crippen LogP contribution in [-0.2, 0) is 0 Å². The molecule has 0 aliphatic rings. The van der Waals surface area contributed by atoms with Gasteiger partial charge in [0.1, 0.15) is 5.75 Å². The van der Waals surface area contributed by atoms with Crippen LogP contribution >= 0.6 is 11.6 Å². The summed E-state index contributed by atoms with van der Waals surface area (Å²) in [6.07, 6.45) is 1.01. The largest absolute Gasteiger partial charge is 0.495 e. The summed E-state index contributed by atoms with van der Waals surface area (Å²) in [6.45, 7) is 1.92. The van der Waals surface area contributed by atoms with E-state index in [0.717, 1.165) is 11.8 Å².